The molecule has 0 spiro atoms. The molecule has 0 fully saturated rings. The van der Waals surface area contributed by atoms with Gasteiger partial charge in [-0.1, -0.05) is 11.6 Å². The van der Waals surface area contributed by atoms with Crippen LogP contribution in [0.15, 0.2) is 6.07 Å². The van der Waals surface area contributed by atoms with Crippen LogP contribution < -0.4 is 0 Å². The van der Waals surface area contributed by atoms with E-state index in [1.807, 2.05) is 0 Å². The van der Waals surface area contributed by atoms with E-state index in [1.165, 1.54) is 13.8 Å². The summed E-state index contributed by atoms with van der Waals surface area (Å²) in [5.74, 6) is 0. The molecule has 0 heterocycles. The molecule has 0 amide bonds. The van der Waals surface area contributed by atoms with Crippen molar-refractivity contribution in [2.24, 2.45) is 0 Å². The predicted molar refractivity (Wildman–Crippen MR) is 64.9 cm³/mol. The van der Waals surface area contributed by atoms with E-state index in [-0.39, 0.29) is 12.0 Å². The molecule has 1 aromatic carbocycles. The molecule has 1 rings (SSSR count). The van der Waals surface area contributed by atoms with Gasteiger partial charge in [-0.3, -0.25) is 20.2 Å². The van der Waals surface area contributed by atoms with E-state index >= 15 is 0 Å². The zero-order valence-electron chi connectivity index (χ0n) is 9.71. The summed E-state index contributed by atoms with van der Waals surface area (Å²) in [5.41, 5.74) is -0.435. The van der Waals surface area contributed by atoms with E-state index in [1.54, 1.807) is 0 Å². The summed E-state index contributed by atoms with van der Waals surface area (Å²) in [6.45, 7) is 2.94. The summed E-state index contributed by atoms with van der Waals surface area (Å²) < 4.78 is 0. The number of nitro groups is 2. The van der Waals surface area contributed by atoms with Crippen molar-refractivity contribution in [1.82, 2.24) is 0 Å². The molecule has 0 aliphatic carbocycles. The van der Waals surface area contributed by atoms with Crippen molar-refractivity contribution < 1.29 is 15.0 Å². The van der Waals surface area contributed by atoms with Crippen LogP contribution in [-0.2, 0) is 6.42 Å². The monoisotopic (exact) mass is 274 g/mol. The molecular formula is C10H11ClN2O5. The Balaban J connectivity index is 3.55. The highest BCUT2D eigenvalue weighted by Crippen LogP contribution is 2.38. The SMILES string of the molecule is Cc1c(CC(C)O)cc([N+](=O)[O-])c(Cl)c1[N+](=O)[O-]. The molecule has 0 radical (unpaired) electrons. The van der Waals surface area contributed by atoms with Crippen molar-refractivity contribution >= 4 is 23.0 Å². The van der Waals surface area contributed by atoms with Crippen LogP contribution in [0.25, 0.3) is 0 Å². The molecule has 0 aromatic heterocycles. The normalized spacial score (nSPS) is 12.2. The lowest BCUT2D eigenvalue weighted by atomic mass is 10.0. The van der Waals surface area contributed by atoms with Crippen LogP contribution in [-0.4, -0.2) is 21.1 Å². The number of rotatable bonds is 4. The molecule has 1 atom stereocenters. The third-order valence-electron chi connectivity index (χ3n) is 2.48. The lowest BCUT2D eigenvalue weighted by Gasteiger charge is -2.09. The third kappa shape index (κ3) is 2.74. The summed E-state index contributed by atoms with van der Waals surface area (Å²) in [4.78, 5) is 20.1. The van der Waals surface area contributed by atoms with Gasteiger partial charge in [-0.05, 0) is 25.8 Å². The average Bonchev–Trinajstić information content (AvgIpc) is 2.20. The van der Waals surface area contributed by atoms with Crippen LogP contribution in [0.4, 0.5) is 11.4 Å². The first-order valence-corrected chi connectivity index (χ1v) is 5.42. The fourth-order valence-corrected chi connectivity index (χ4v) is 1.99. The molecule has 0 aliphatic heterocycles. The molecule has 0 saturated carbocycles. The molecule has 98 valence electrons. The Kier molecular flexibility index (Phi) is 4.20. The van der Waals surface area contributed by atoms with Crippen LogP contribution in [0, 0.1) is 27.2 Å². The van der Waals surface area contributed by atoms with Crippen LogP contribution in [0.5, 0.6) is 0 Å². The van der Waals surface area contributed by atoms with Gasteiger partial charge < -0.3 is 5.11 Å². The summed E-state index contributed by atoms with van der Waals surface area (Å²) in [6, 6.07) is 1.16. The Bertz CT molecular complexity index is 515. The number of benzene rings is 1. The van der Waals surface area contributed by atoms with Crippen molar-refractivity contribution in [1.29, 1.82) is 0 Å². The molecule has 1 N–H and O–H groups in total. The Morgan fingerprint density at radius 2 is 1.94 bits per heavy atom. The molecule has 0 bridgehead atoms. The Labute approximate surface area is 107 Å². The molecule has 0 saturated heterocycles. The number of halogens is 1. The molecule has 0 aliphatic rings. The lowest BCUT2D eigenvalue weighted by Crippen LogP contribution is -2.08. The minimum atomic E-state index is -0.777. The minimum Gasteiger partial charge on any atom is -0.393 e. The van der Waals surface area contributed by atoms with Crippen molar-refractivity contribution in [2.75, 3.05) is 0 Å². The topological polar surface area (TPSA) is 107 Å². The highest BCUT2D eigenvalue weighted by Gasteiger charge is 2.29. The summed E-state index contributed by atoms with van der Waals surface area (Å²) in [6.07, 6.45) is -0.672. The zero-order valence-corrected chi connectivity index (χ0v) is 10.5. The number of nitro benzene ring substituents is 2. The second-order valence-electron chi connectivity index (χ2n) is 3.91. The zero-order chi connectivity index (χ0) is 14.0. The maximum atomic E-state index is 10.9. The van der Waals surface area contributed by atoms with Gasteiger partial charge in [0.1, 0.15) is 0 Å². The van der Waals surface area contributed by atoms with Gasteiger partial charge in [-0.2, -0.15) is 0 Å². The first-order chi connectivity index (χ1) is 8.25. The largest absolute Gasteiger partial charge is 0.393 e. The summed E-state index contributed by atoms with van der Waals surface area (Å²) in [5, 5.41) is 30.5. The van der Waals surface area contributed by atoms with Gasteiger partial charge in [-0.15, -0.1) is 0 Å². The highest BCUT2D eigenvalue weighted by atomic mass is 35.5. The van der Waals surface area contributed by atoms with Crippen molar-refractivity contribution in [3.63, 3.8) is 0 Å². The molecule has 1 unspecified atom stereocenters. The van der Waals surface area contributed by atoms with Gasteiger partial charge >= 0.3 is 0 Å². The average molecular weight is 275 g/mol. The minimum absolute atomic E-state index is 0.0880. The first kappa shape index (κ1) is 14.3. The van der Waals surface area contributed by atoms with E-state index < -0.39 is 32.3 Å². The smallest absolute Gasteiger partial charge is 0.298 e. The van der Waals surface area contributed by atoms with Crippen LogP contribution in [0.3, 0.4) is 0 Å². The number of hydrogen-bond donors (Lipinski definition) is 1. The quantitative estimate of drug-likeness (QED) is 0.670. The van der Waals surface area contributed by atoms with E-state index in [0.717, 1.165) is 6.07 Å². The first-order valence-electron chi connectivity index (χ1n) is 5.04. The number of aliphatic hydroxyl groups is 1. The van der Waals surface area contributed by atoms with Crippen LogP contribution in [0.2, 0.25) is 5.02 Å². The number of aliphatic hydroxyl groups excluding tert-OH is 1. The van der Waals surface area contributed by atoms with Gasteiger partial charge in [0, 0.05) is 11.6 Å². The maximum absolute atomic E-state index is 10.9. The lowest BCUT2D eigenvalue weighted by molar-refractivity contribution is -0.394. The second-order valence-corrected chi connectivity index (χ2v) is 4.29. The van der Waals surface area contributed by atoms with Gasteiger partial charge in [0.15, 0.2) is 5.02 Å². The van der Waals surface area contributed by atoms with E-state index in [4.69, 9.17) is 11.6 Å². The van der Waals surface area contributed by atoms with Crippen LogP contribution >= 0.6 is 11.6 Å². The van der Waals surface area contributed by atoms with Gasteiger partial charge in [-0.25, -0.2) is 0 Å². The van der Waals surface area contributed by atoms with Gasteiger partial charge in [0.25, 0.3) is 11.4 Å². The van der Waals surface area contributed by atoms with Gasteiger partial charge in [0.05, 0.1) is 16.0 Å². The van der Waals surface area contributed by atoms with Crippen molar-refractivity contribution in [3.05, 3.63) is 42.4 Å². The van der Waals surface area contributed by atoms with Crippen LogP contribution in [0.1, 0.15) is 18.1 Å². The fourth-order valence-electron chi connectivity index (χ4n) is 1.65. The van der Waals surface area contributed by atoms with E-state index in [0.29, 0.717) is 5.56 Å². The summed E-state index contributed by atoms with van der Waals surface area (Å²) in [7, 11) is 0. The van der Waals surface area contributed by atoms with Crippen molar-refractivity contribution in [2.45, 2.75) is 26.4 Å². The third-order valence-corrected chi connectivity index (χ3v) is 2.85. The number of nitrogens with zero attached hydrogens (tertiary/aromatic N) is 2. The molecule has 8 heteroatoms. The predicted octanol–water partition coefficient (Wildman–Crippen LogP) is 2.39. The Hall–Kier alpha value is -1.73. The standard InChI is InChI=1S/C10H11ClN2O5/c1-5(14)3-7-4-8(12(15)16)9(11)10(6(7)2)13(17)18/h4-5,14H,3H2,1-2H3. The fraction of sp³-hybridized carbons (Fsp3) is 0.400. The Morgan fingerprint density at radius 3 is 2.33 bits per heavy atom. The highest BCUT2D eigenvalue weighted by molar-refractivity contribution is 6.35. The van der Waals surface area contributed by atoms with E-state index in [9.17, 15) is 25.3 Å². The number of hydrogen-bond acceptors (Lipinski definition) is 5. The molecule has 1 aromatic rings. The van der Waals surface area contributed by atoms with Crippen molar-refractivity contribution in [3.8, 4) is 0 Å². The molecular weight excluding hydrogens is 264 g/mol. The molecule has 18 heavy (non-hydrogen) atoms. The molecule has 7 nitrogen and oxygen atoms in total. The maximum Gasteiger partial charge on any atom is 0.298 e. The van der Waals surface area contributed by atoms with Gasteiger partial charge in [0.2, 0.25) is 0 Å². The van der Waals surface area contributed by atoms with E-state index in [2.05, 4.69) is 0 Å². The summed E-state index contributed by atoms with van der Waals surface area (Å²) >= 11 is 5.67. The Morgan fingerprint density at radius 1 is 1.39 bits per heavy atom. The second kappa shape index (κ2) is 5.28.